The molecule has 2 bridgehead atoms. The second kappa shape index (κ2) is 4.79. The summed E-state index contributed by atoms with van der Waals surface area (Å²) in [4.78, 5) is 25.5. The van der Waals surface area contributed by atoms with Gasteiger partial charge >= 0.3 is 0 Å². The van der Waals surface area contributed by atoms with Crippen LogP contribution in [-0.2, 0) is 9.59 Å². The lowest BCUT2D eigenvalue weighted by atomic mass is 9.63. The normalized spacial score (nSPS) is 38.6. The van der Waals surface area contributed by atoms with Gasteiger partial charge in [-0.05, 0) is 59.9 Å². The van der Waals surface area contributed by atoms with E-state index in [0.717, 1.165) is 16.3 Å². The van der Waals surface area contributed by atoms with E-state index in [-0.39, 0.29) is 35.5 Å². The van der Waals surface area contributed by atoms with Gasteiger partial charge in [-0.3, -0.25) is 9.59 Å². The maximum Gasteiger partial charge on any atom is 0.254 e. The predicted octanol–water partition coefficient (Wildman–Crippen LogP) is 2.08. The molecule has 4 aliphatic carbocycles. The lowest BCUT2D eigenvalue weighted by Crippen LogP contribution is -2.40. The fourth-order valence-corrected chi connectivity index (χ4v) is 4.87. The van der Waals surface area contributed by atoms with Crippen LogP contribution in [0.5, 0.6) is 5.75 Å². The first-order valence-electron chi connectivity index (χ1n) is 8.43. The van der Waals surface area contributed by atoms with Crippen molar-refractivity contribution in [2.75, 3.05) is 7.11 Å². The summed E-state index contributed by atoms with van der Waals surface area (Å²) in [6, 6.07) is 7.35. The van der Waals surface area contributed by atoms with Crippen molar-refractivity contribution in [2.45, 2.75) is 6.42 Å². The number of hydrogen-bond donors (Lipinski definition) is 0. The first-order chi connectivity index (χ1) is 11.7. The Morgan fingerprint density at radius 2 is 1.62 bits per heavy atom. The van der Waals surface area contributed by atoms with Gasteiger partial charge in [-0.1, -0.05) is 12.2 Å². The van der Waals surface area contributed by atoms with Gasteiger partial charge in [0.05, 0.1) is 25.2 Å². The summed E-state index contributed by atoms with van der Waals surface area (Å²) in [5.74, 6) is 1.83. The number of rotatable bonds is 3. The molecule has 0 unspecified atom stereocenters. The minimum atomic E-state index is -0.190. The first kappa shape index (κ1) is 14.0. The van der Waals surface area contributed by atoms with Crippen LogP contribution < -0.4 is 4.74 Å². The highest BCUT2D eigenvalue weighted by Gasteiger charge is 2.67. The predicted molar refractivity (Wildman–Crippen MR) is 87.1 cm³/mol. The van der Waals surface area contributed by atoms with E-state index >= 15 is 0 Å². The van der Waals surface area contributed by atoms with Crippen LogP contribution in [0.15, 0.2) is 41.5 Å². The third kappa shape index (κ3) is 1.78. The van der Waals surface area contributed by atoms with Gasteiger partial charge in [0.1, 0.15) is 5.75 Å². The largest absolute Gasteiger partial charge is 0.497 e. The molecule has 1 saturated heterocycles. The summed E-state index contributed by atoms with van der Waals surface area (Å²) in [6.45, 7) is 0. The van der Waals surface area contributed by atoms with Gasteiger partial charge in [0, 0.05) is 0 Å². The molecule has 3 fully saturated rings. The molecule has 1 heterocycles. The number of amides is 2. The molecular weight excluding hydrogens is 304 g/mol. The van der Waals surface area contributed by atoms with Crippen molar-refractivity contribution in [2.24, 2.45) is 40.6 Å². The second-order valence-corrected chi connectivity index (χ2v) is 7.16. The van der Waals surface area contributed by atoms with Crippen molar-refractivity contribution in [1.82, 2.24) is 5.01 Å². The summed E-state index contributed by atoms with van der Waals surface area (Å²) in [5, 5.41) is 5.32. The van der Waals surface area contributed by atoms with Crippen molar-refractivity contribution in [3.63, 3.8) is 0 Å². The van der Waals surface area contributed by atoms with E-state index in [1.807, 2.05) is 24.3 Å². The summed E-state index contributed by atoms with van der Waals surface area (Å²) in [5.41, 5.74) is 0.829. The minimum absolute atomic E-state index is 0.125. The van der Waals surface area contributed by atoms with Crippen LogP contribution in [0.1, 0.15) is 12.0 Å². The average molecular weight is 322 g/mol. The Kier molecular flexibility index (Phi) is 2.78. The number of carbonyl (C=O) groups excluding carboxylic acids is 2. The van der Waals surface area contributed by atoms with Gasteiger partial charge < -0.3 is 4.74 Å². The standard InChI is InChI=1S/C19H18N2O3/c1-24-11-4-2-10(3-5-11)9-20-21-18(22)16-12-6-7-13(15-8-14(12)15)17(16)19(21)23/h2-7,9,12-17H,8H2,1H3/b20-9-/t12-,13-,14-,15+,16-,17+/m1/s1. The monoisotopic (exact) mass is 322 g/mol. The van der Waals surface area contributed by atoms with Gasteiger partial charge in [-0.2, -0.15) is 10.1 Å². The molecule has 0 aromatic heterocycles. The highest BCUT2D eigenvalue weighted by molar-refractivity contribution is 6.06. The topological polar surface area (TPSA) is 59.0 Å². The highest BCUT2D eigenvalue weighted by Crippen LogP contribution is 2.65. The molecule has 1 aromatic rings. The molecule has 0 radical (unpaired) electrons. The number of hydrogen-bond acceptors (Lipinski definition) is 4. The van der Waals surface area contributed by atoms with E-state index in [9.17, 15) is 9.59 Å². The number of carbonyl (C=O) groups is 2. The van der Waals surface area contributed by atoms with Crippen molar-refractivity contribution in [3.8, 4) is 5.75 Å². The number of nitrogens with zero attached hydrogens (tertiary/aromatic N) is 2. The van der Waals surface area contributed by atoms with Crippen LogP contribution in [0.2, 0.25) is 0 Å². The molecule has 5 aliphatic rings. The molecular formula is C19H18N2O3. The number of benzene rings is 1. The van der Waals surface area contributed by atoms with Gasteiger partial charge in [-0.25, -0.2) is 0 Å². The van der Waals surface area contributed by atoms with Gasteiger partial charge in [0.15, 0.2) is 0 Å². The summed E-state index contributed by atoms with van der Waals surface area (Å²) in [7, 11) is 1.61. The van der Waals surface area contributed by atoms with E-state index in [2.05, 4.69) is 17.3 Å². The zero-order valence-corrected chi connectivity index (χ0v) is 13.3. The van der Waals surface area contributed by atoms with Crippen molar-refractivity contribution in [3.05, 3.63) is 42.0 Å². The molecule has 0 N–H and O–H groups in total. The molecule has 6 atom stereocenters. The van der Waals surface area contributed by atoms with Crippen LogP contribution in [0, 0.1) is 35.5 Å². The third-order valence-corrected chi connectivity index (χ3v) is 6.08. The van der Waals surface area contributed by atoms with Crippen molar-refractivity contribution < 1.29 is 14.3 Å². The van der Waals surface area contributed by atoms with Gasteiger partial charge in [-0.15, -0.1) is 0 Å². The quantitative estimate of drug-likeness (QED) is 0.486. The van der Waals surface area contributed by atoms with Gasteiger partial charge in [0.25, 0.3) is 11.8 Å². The molecule has 1 aliphatic heterocycles. The maximum absolute atomic E-state index is 12.8. The van der Waals surface area contributed by atoms with E-state index in [1.54, 1.807) is 13.3 Å². The Labute approximate surface area is 140 Å². The number of imide groups is 1. The molecule has 5 nitrogen and oxygen atoms in total. The van der Waals surface area contributed by atoms with Crippen LogP contribution in [0.25, 0.3) is 0 Å². The van der Waals surface area contributed by atoms with Crippen LogP contribution in [0.4, 0.5) is 0 Å². The Morgan fingerprint density at radius 1 is 1.04 bits per heavy atom. The maximum atomic E-state index is 12.8. The molecule has 0 spiro atoms. The smallest absolute Gasteiger partial charge is 0.254 e. The van der Waals surface area contributed by atoms with E-state index in [4.69, 9.17) is 4.74 Å². The van der Waals surface area contributed by atoms with Crippen LogP contribution in [-0.4, -0.2) is 30.1 Å². The lowest BCUT2D eigenvalue weighted by Gasteiger charge is -2.37. The van der Waals surface area contributed by atoms with Crippen molar-refractivity contribution in [1.29, 1.82) is 0 Å². The van der Waals surface area contributed by atoms with Crippen molar-refractivity contribution >= 4 is 18.0 Å². The third-order valence-electron chi connectivity index (χ3n) is 6.08. The molecule has 6 rings (SSSR count). The number of ether oxygens (including phenoxy) is 1. The molecule has 1 aromatic carbocycles. The molecule has 24 heavy (non-hydrogen) atoms. The summed E-state index contributed by atoms with van der Waals surface area (Å²) >= 11 is 0. The summed E-state index contributed by atoms with van der Waals surface area (Å²) < 4.78 is 5.12. The minimum Gasteiger partial charge on any atom is -0.497 e. The number of allylic oxidation sites excluding steroid dienone is 2. The Morgan fingerprint density at radius 3 is 2.17 bits per heavy atom. The zero-order chi connectivity index (χ0) is 16.4. The SMILES string of the molecule is COc1ccc(/C=N\N2C(=O)[C@@H]3[C@@H]4C=C[C@H]([C@@H]5C[C@H]45)[C@@H]3C2=O)cc1. The van der Waals surface area contributed by atoms with E-state index < -0.39 is 0 Å². The lowest BCUT2D eigenvalue weighted by molar-refractivity contribution is -0.140. The average Bonchev–Trinajstić information content (AvgIpc) is 3.39. The number of methoxy groups -OCH3 is 1. The molecule has 122 valence electrons. The fourth-order valence-electron chi connectivity index (χ4n) is 4.87. The van der Waals surface area contributed by atoms with Gasteiger partial charge in [0.2, 0.25) is 0 Å². The molecule has 2 saturated carbocycles. The summed E-state index contributed by atoms with van der Waals surface area (Å²) in [6.07, 6.45) is 7.08. The van der Waals surface area contributed by atoms with E-state index in [0.29, 0.717) is 11.8 Å². The molecule has 5 heteroatoms. The fraction of sp³-hybridized carbons (Fsp3) is 0.421. The zero-order valence-electron chi connectivity index (χ0n) is 13.3. The molecule has 2 amide bonds. The second-order valence-electron chi connectivity index (χ2n) is 7.16. The number of hydrazone groups is 1. The highest BCUT2D eigenvalue weighted by atomic mass is 16.5. The Hall–Kier alpha value is -2.43. The Balaban J connectivity index is 1.41. The first-order valence-corrected chi connectivity index (χ1v) is 8.43. The Bertz CT molecular complexity index is 746. The van der Waals surface area contributed by atoms with E-state index in [1.165, 1.54) is 6.42 Å². The van der Waals surface area contributed by atoms with Crippen LogP contribution >= 0.6 is 0 Å². The van der Waals surface area contributed by atoms with Crippen LogP contribution in [0.3, 0.4) is 0 Å².